The fourth-order valence-corrected chi connectivity index (χ4v) is 4.19. The molecule has 0 unspecified atom stereocenters. The maximum Gasteiger partial charge on any atom is 0.256 e. The minimum atomic E-state index is -0.601. The Morgan fingerprint density at radius 1 is 1.22 bits per heavy atom. The summed E-state index contributed by atoms with van der Waals surface area (Å²) >= 11 is 0. The number of benzene rings is 1. The van der Waals surface area contributed by atoms with Gasteiger partial charge in [0, 0.05) is 32.1 Å². The first kappa shape index (κ1) is 18.1. The Bertz CT molecular complexity index is 806. The normalized spacial score (nSPS) is 24.7. The van der Waals surface area contributed by atoms with Crippen LogP contribution in [0.2, 0.25) is 0 Å². The number of rotatable bonds is 2. The highest BCUT2D eigenvalue weighted by molar-refractivity contribution is 5.94. The van der Waals surface area contributed by atoms with E-state index in [2.05, 4.69) is 4.98 Å². The van der Waals surface area contributed by atoms with Crippen molar-refractivity contribution < 1.29 is 19.0 Å². The second-order valence-corrected chi connectivity index (χ2v) is 7.44. The average Bonchev–Trinajstić information content (AvgIpc) is 2.68. The first-order valence-electron chi connectivity index (χ1n) is 9.36. The van der Waals surface area contributed by atoms with Gasteiger partial charge in [0.2, 0.25) is 0 Å². The molecule has 142 valence electrons. The van der Waals surface area contributed by atoms with Crippen molar-refractivity contribution in [3.8, 4) is 0 Å². The number of halogens is 1. The number of hydrogen-bond donors (Lipinski definition) is 1. The molecule has 4 rings (SSSR count). The molecule has 6 heteroatoms. The third-order valence-electron chi connectivity index (χ3n) is 5.62. The molecule has 1 amide bonds. The lowest BCUT2D eigenvalue weighted by molar-refractivity contribution is -0.181. The number of piperidine rings is 1. The smallest absolute Gasteiger partial charge is 0.256 e. The number of amides is 1. The second kappa shape index (κ2) is 7.37. The van der Waals surface area contributed by atoms with Crippen LogP contribution in [0.15, 0.2) is 48.8 Å². The molecule has 1 aromatic carbocycles. The van der Waals surface area contributed by atoms with Crippen LogP contribution in [-0.4, -0.2) is 45.7 Å². The summed E-state index contributed by atoms with van der Waals surface area (Å²) in [7, 11) is 0. The van der Waals surface area contributed by atoms with E-state index in [1.807, 2.05) is 30.3 Å². The molecule has 2 atom stereocenters. The van der Waals surface area contributed by atoms with Gasteiger partial charge in [-0.3, -0.25) is 9.78 Å². The zero-order chi connectivity index (χ0) is 18.9. The predicted octanol–water partition coefficient (Wildman–Crippen LogP) is 3.11. The molecule has 3 heterocycles. The number of likely N-dealkylation sites (tertiary alicyclic amines) is 1. The van der Waals surface area contributed by atoms with E-state index < -0.39 is 17.5 Å². The third-order valence-corrected chi connectivity index (χ3v) is 5.62. The molecule has 1 spiro atoms. The summed E-state index contributed by atoms with van der Waals surface area (Å²) in [6.45, 7) is 0.962. The standard InChI is InChI=1S/C21H23FN2O3/c22-18-14-23-9-6-17(18)20(26)24-10-7-21(8-11-24)13-16(25)12-19(27-21)15-4-2-1-3-5-15/h1-6,9,14,16,19,25H,7-8,10-13H2/t16-,19-/m1/s1. The summed E-state index contributed by atoms with van der Waals surface area (Å²) in [5, 5.41) is 10.4. The molecule has 5 nitrogen and oxygen atoms in total. The maximum atomic E-state index is 13.9. The molecular formula is C21H23FN2O3. The first-order chi connectivity index (χ1) is 13.1. The molecular weight excluding hydrogens is 347 g/mol. The molecule has 2 aliphatic rings. The van der Waals surface area contributed by atoms with Crippen molar-refractivity contribution in [1.82, 2.24) is 9.88 Å². The molecule has 27 heavy (non-hydrogen) atoms. The molecule has 0 radical (unpaired) electrons. The first-order valence-corrected chi connectivity index (χ1v) is 9.36. The van der Waals surface area contributed by atoms with Crippen LogP contribution in [0.5, 0.6) is 0 Å². The molecule has 1 N–H and O–H groups in total. The molecule has 1 aromatic heterocycles. The van der Waals surface area contributed by atoms with Gasteiger partial charge in [0.1, 0.15) is 0 Å². The van der Waals surface area contributed by atoms with Gasteiger partial charge in [-0.1, -0.05) is 30.3 Å². The maximum absolute atomic E-state index is 13.9. The van der Waals surface area contributed by atoms with Crippen molar-refractivity contribution in [2.24, 2.45) is 0 Å². The fraction of sp³-hybridized carbons (Fsp3) is 0.429. The van der Waals surface area contributed by atoms with E-state index in [0.29, 0.717) is 38.8 Å². The number of pyridine rings is 1. The number of carbonyl (C=O) groups is 1. The largest absolute Gasteiger partial charge is 0.393 e. The number of hydrogen-bond acceptors (Lipinski definition) is 4. The lowest BCUT2D eigenvalue weighted by Crippen LogP contribution is -2.52. The molecule has 0 saturated carbocycles. The van der Waals surface area contributed by atoms with Gasteiger partial charge in [-0.25, -0.2) is 4.39 Å². The monoisotopic (exact) mass is 370 g/mol. The van der Waals surface area contributed by atoms with E-state index in [-0.39, 0.29) is 17.6 Å². The average molecular weight is 370 g/mol. The van der Waals surface area contributed by atoms with Gasteiger partial charge in [-0.15, -0.1) is 0 Å². The van der Waals surface area contributed by atoms with Gasteiger partial charge >= 0.3 is 0 Å². The molecule has 0 aliphatic carbocycles. The van der Waals surface area contributed by atoms with Gasteiger partial charge in [0.25, 0.3) is 5.91 Å². The predicted molar refractivity (Wildman–Crippen MR) is 97.6 cm³/mol. The Balaban J connectivity index is 1.46. The Hall–Kier alpha value is -2.31. The SMILES string of the molecule is O=C(c1ccncc1F)N1CCC2(CC1)C[C@H](O)C[C@H](c1ccccc1)O2. The Morgan fingerprint density at radius 3 is 2.67 bits per heavy atom. The number of aliphatic hydroxyl groups excluding tert-OH is 1. The van der Waals surface area contributed by atoms with Crippen LogP contribution in [0.4, 0.5) is 4.39 Å². The van der Waals surface area contributed by atoms with E-state index >= 15 is 0 Å². The molecule has 0 bridgehead atoms. The Kier molecular flexibility index (Phi) is 4.93. The van der Waals surface area contributed by atoms with Crippen LogP contribution in [0, 0.1) is 5.82 Å². The van der Waals surface area contributed by atoms with Gasteiger partial charge < -0.3 is 14.7 Å². The van der Waals surface area contributed by atoms with E-state index in [0.717, 1.165) is 11.8 Å². The fourth-order valence-electron chi connectivity index (χ4n) is 4.19. The lowest BCUT2D eigenvalue weighted by atomic mass is 9.81. The van der Waals surface area contributed by atoms with Crippen LogP contribution in [0.3, 0.4) is 0 Å². The highest BCUT2D eigenvalue weighted by Crippen LogP contribution is 2.43. The summed E-state index contributed by atoms with van der Waals surface area (Å²) in [5.41, 5.74) is 0.673. The quantitative estimate of drug-likeness (QED) is 0.882. The number of aromatic nitrogens is 1. The van der Waals surface area contributed by atoms with Crippen LogP contribution < -0.4 is 0 Å². The molecule has 2 saturated heterocycles. The summed E-state index contributed by atoms with van der Waals surface area (Å²) in [5.74, 6) is -0.919. The minimum Gasteiger partial charge on any atom is -0.393 e. The van der Waals surface area contributed by atoms with E-state index in [1.165, 1.54) is 12.3 Å². The molecule has 2 fully saturated rings. The number of ether oxygens (including phenoxy) is 1. The summed E-state index contributed by atoms with van der Waals surface area (Å²) < 4.78 is 20.3. The van der Waals surface area contributed by atoms with Crippen LogP contribution in [-0.2, 0) is 4.74 Å². The van der Waals surface area contributed by atoms with E-state index in [9.17, 15) is 14.3 Å². The van der Waals surface area contributed by atoms with Gasteiger partial charge in [0.15, 0.2) is 5.82 Å². The van der Waals surface area contributed by atoms with Gasteiger partial charge in [-0.2, -0.15) is 0 Å². The topological polar surface area (TPSA) is 62.7 Å². The number of carbonyl (C=O) groups excluding carboxylic acids is 1. The van der Waals surface area contributed by atoms with Crippen molar-refractivity contribution in [2.45, 2.75) is 43.5 Å². The van der Waals surface area contributed by atoms with E-state index in [4.69, 9.17) is 4.74 Å². The summed E-state index contributed by atoms with van der Waals surface area (Å²) in [6.07, 6.45) is 4.33. The van der Waals surface area contributed by atoms with Gasteiger partial charge in [0.05, 0.1) is 29.6 Å². The van der Waals surface area contributed by atoms with Crippen molar-refractivity contribution >= 4 is 5.91 Å². The molecule has 2 aliphatic heterocycles. The third kappa shape index (κ3) is 3.73. The van der Waals surface area contributed by atoms with Crippen molar-refractivity contribution in [1.29, 1.82) is 0 Å². The minimum absolute atomic E-state index is 0.0488. The number of aliphatic hydroxyl groups is 1. The van der Waals surface area contributed by atoms with Crippen LogP contribution in [0.1, 0.15) is 47.7 Å². The summed E-state index contributed by atoms with van der Waals surface area (Å²) in [4.78, 5) is 18.0. The highest BCUT2D eigenvalue weighted by Gasteiger charge is 2.44. The van der Waals surface area contributed by atoms with Crippen LogP contribution >= 0.6 is 0 Å². The van der Waals surface area contributed by atoms with E-state index in [1.54, 1.807) is 4.90 Å². The molecule has 2 aromatic rings. The lowest BCUT2D eigenvalue weighted by Gasteiger charge is -2.48. The summed E-state index contributed by atoms with van der Waals surface area (Å²) in [6, 6.07) is 11.3. The van der Waals surface area contributed by atoms with Gasteiger partial charge in [-0.05, 0) is 24.5 Å². The zero-order valence-corrected chi connectivity index (χ0v) is 15.1. The zero-order valence-electron chi connectivity index (χ0n) is 15.1. The number of nitrogens with zero attached hydrogens (tertiary/aromatic N) is 2. The van der Waals surface area contributed by atoms with Crippen molar-refractivity contribution in [3.05, 3.63) is 65.7 Å². The Labute approximate surface area is 157 Å². The second-order valence-electron chi connectivity index (χ2n) is 7.44. The highest BCUT2D eigenvalue weighted by atomic mass is 19.1. The van der Waals surface area contributed by atoms with Crippen molar-refractivity contribution in [3.63, 3.8) is 0 Å². The van der Waals surface area contributed by atoms with Crippen molar-refractivity contribution in [2.75, 3.05) is 13.1 Å². The Morgan fingerprint density at radius 2 is 1.96 bits per heavy atom. The van der Waals surface area contributed by atoms with Crippen LogP contribution in [0.25, 0.3) is 0 Å².